The number of carbonyl (C=O) groups excluding carboxylic acids is 1. The summed E-state index contributed by atoms with van der Waals surface area (Å²) >= 11 is 0. The van der Waals surface area contributed by atoms with Crippen LogP contribution in [0.5, 0.6) is 0 Å². The van der Waals surface area contributed by atoms with Crippen LogP contribution in [0.25, 0.3) is 22.0 Å². The summed E-state index contributed by atoms with van der Waals surface area (Å²) in [5.41, 5.74) is 4.02. The van der Waals surface area contributed by atoms with Gasteiger partial charge in [0.2, 0.25) is 5.91 Å². The highest BCUT2D eigenvalue weighted by molar-refractivity contribution is 5.98. The lowest BCUT2D eigenvalue weighted by atomic mass is 9.72. The van der Waals surface area contributed by atoms with Gasteiger partial charge < -0.3 is 10.4 Å². The zero-order valence-electron chi connectivity index (χ0n) is 30.7. The van der Waals surface area contributed by atoms with E-state index in [1.807, 2.05) is 18.3 Å². The maximum absolute atomic E-state index is 13.9. The molecule has 280 valence electrons. The molecule has 11 heteroatoms. The van der Waals surface area contributed by atoms with E-state index in [0.717, 1.165) is 48.0 Å². The van der Waals surface area contributed by atoms with Crippen LogP contribution >= 0.6 is 0 Å². The van der Waals surface area contributed by atoms with E-state index in [-0.39, 0.29) is 38.9 Å². The Morgan fingerprint density at radius 2 is 1.59 bits per heavy atom. The van der Waals surface area contributed by atoms with Gasteiger partial charge in [0.05, 0.1) is 12.2 Å². The second-order valence-corrected chi connectivity index (χ2v) is 14.7. The summed E-state index contributed by atoms with van der Waals surface area (Å²) in [6.07, 6.45) is 6.44. The minimum atomic E-state index is -3.17. The van der Waals surface area contributed by atoms with Crippen molar-refractivity contribution in [3.05, 3.63) is 65.4 Å². The first-order valence-electron chi connectivity index (χ1n) is 18.2. The third-order valence-corrected chi connectivity index (χ3v) is 10.1. The number of benzene rings is 2. The maximum Gasteiger partial charge on any atom is 0.303 e. The van der Waals surface area contributed by atoms with Gasteiger partial charge in [0.15, 0.2) is 0 Å². The highest BCUT2D eigenvalue weighted by atomic mass is 19.3. The van der Waals surface area contributed by atoms with Crippen molar-refractivity contribution in [2.45, 2.75) is 104 Å². The minimum Gasteiger partial charge on any atom is -0.481 e. The van der Waals surface area contributed by atoms with Crippen LogP contribution in [0, 0.1) is 5.41 Å². The maximum atomic E-state index is 13.9. The molecule has 0 atom stereocenters. The van der Waals surface area contributed by atoms with Crippen LogP contribution in [0.2, 0.25) is 0 Å². The molecule has 5 rings (SSSR count). The van der Waals surface area contributed by atoms with E-state index in [9.17, 15) is 27.2 Å². The van der Waals surface area contributed by atoms with Crippen LogP contribution in [-0.4, -0.2) is 82.9 Å². The average Bonchev–Trinajstić information content (AvgIpc) is 3.07. The first-order valence-corrected chi connectivity index (χ1v) is 18.2. The molecule has 51 heavy (non-hydrogen) atoms. The van der Waals surface area contributed by atoms with Gasteiger partial charge in [-0.15, -0.1) is 0 Å². The zero-order chi connectivity index (χ0) is 37.4. The molecule has 2 fully saturated rings. The van der Waals surface area contributed by atoms with E-state index in [1.165, 1.54) is 48.4 Å². The van der Waals surface area contributed by atoms with Crippen LogP contribution in [0.4, 0.5) is 17.6 Å². The highest BCUT2D eigenvalue weighted by Crippen LogP contribution is 2.45. The lowest BCUT2D eigenvalue weighted by Gasteiger charge is -2.44. The molecule has 0 spiro atoms. The van der Waals surface area contributed by atoms with Gasteiger partial charge in [-0.1, -0.05) is 62.7 Å². The average molecular weight is 715 g/mol. The van der Waals surface area contributed by atoms with Crippen molar-refractivity contribution in [2.75, 3.05) is 39.3 Å². The molecule has 0 aliphatic carbocycles. The number of pyridine rings is 1. The molecule has 0 saturated carbocycles. The normalized spacial score (nSPS) is 17.2. The van der Waals surface area contributed by atoms with E-state index in [1.54, 1.807) is 6.92 Å². The van der Waals surface area contributed by atoms with Gasteiger partial charge in [-0.3, -0.25) is 24.4 Å². The standard InChI is InChI=1S/C27H32N2O2.C13H22F4N2O/c1-19(2)25-16-20(18-29-14-4-3-5-15-29)17-28-27(25)24-11-7-9-22-21(12-13-26(30)31)8-6-10-23(22)24;1-4-18-10(20)13(12(3,16)17)5-7-19(8-6-13)9-11(2,14)15/h6-11,16-17,19H,3-5,12-15,18H2,1-2H3,(H,30,31);4-9H2,1-3H3,(H,18,20). The number of hydrogen-bond donors (Lipinski definition) is 2. The monoisotopic (exact) mass is 714 g/mol. The summed E-state index contributed by atoms with van der Waals surface area (Å²) < 4.78 is 53.6. The first kappa shape index (κ1) is 40.2. The molecule has 3 heterocycles. The molecule has 0 unspecified atom stereocenters. The first-order chi connectivity index (χ1) is 24.0. The number of nitrogens with one attached hydrogen (secondary N) is 1. The molecule has 3 aromatic rings. The number of carboxylic acid groups (broad SMARTS) is 1. The van der Waals surface area contributed by atoms with Crippen molar-refractivity contribution in [3.63, 3.8) is 0 Å². The number of alkyl halides is 4. The van der Waals surface area contributed by atoms with Crippen molar-refractivity contribution in [2.24, 2.45) is 5.41 Å². The number of likely N-dealkylation sites (tertiary alicyclic amines) is 2. The number of aliphatic carboxylic acids is 1. The molecule has 1 amide bonds. The molecule has 0 radical (unpaired) electrons. The van der Waals surface area contributed by atoms with E-state index in [0.29, 0.717) is 12.3 Å². The van der Waals surface area contributed by atoms with Gasteiger partial charge in [-0.25, -0.2) is 17.6 Å². The third-order valence-electron chi connectivity index (χ3n) is 10.1. The number of amides is 1. The topological polar surface area (TPSA) is 85.8 Å². The second-order valence-electron chi connectivity index (χ2n) is 14.7. The van der Waals surface area contributed by atoms with Gasteiger partial charge in [0.1, 0.15) is 5.41 Å². The molecule has 2 aliphatic rings. The van der Waals surface area contributed by atoms with E-state index < -0.39 is 35.7 Å². The summed E-state index contributed by atoms with van der Waals surface area (Å²) in [6, 6.07) is 14.8. The lowest BCUT2D eigenvalue weighted by Crippen LogP contribution is -2.57. The fourth-order valence-electron chi connectivity index (χ4n) is 7.38. The molecular formula is C40H54F4N4O3. The second kappa shape index (κ2) is 17.3. The van der Waals surface area contributed by atoms with Crippen molar-refractivity contribution >= 4 is 22.6 Å². The van der Waals surface area contributed by atoms with Crippen LogP contribution in [0.3, 0.4) is 0 Å². The Bertz CT molecular complexity index is 1620. The molecule has 1 aromatic heterocycles. The SMILES string of the molecule is CC(C)c1cc(CN2CCCCC2)cnc1-c1cccc2c(CCC(=O)O)cccc12.CCNC(=O)C1(C(C)(F)F)CCN(CC(C)(F)F)CC1. The molecule has 2 N–H and O–H groups in total. The van der Waals surface area contributed by atoms with E-state index in [4.69, 9.17) is 10.1 Å². The number of carboxylic acids is 1. The number of rotatable bonds is 12. The Kier molecular flexibility index (Phi) is 13.6. The fraction of sp³-hybridized carbons (Fsp3) is 0.575. The molecule has 2 saturated heterocycles. The Morgan fingerprint density at radius 3 is 2.18 bits per heavy atom. The number of carbonyl (C=O) groups is 2. The fourth-order valence-corrected chi connectivity index (χ4v) is 7.38. The number of halogens is 4. The Balaban J connectivity index is 0.000000253. The van der Waals surface area contributed by atoms with Crippen molar-refractivity contribution in [1.82, 2.24) is 20.1 Å². The smallest absolute Gasteiger partial charge is 0.303 e. The molecule has 7 nitrogen and oxygen atoms in total. The molecular weight excluding hydrogens is 660 g/mol. The minimum absolute atomic E-state index is 0.0734. The number of aromatic nitrogens is 1. The summed E-state index contributed by atoms with van der Waals surface area (Å²) in [5.74, 6) is -7.11. The number of hydrogen-bond acceptors (Lipinski definition) is 5. The van der Waals surface area contributed by atoms with Gasteiger partial charge >= 0.3 is 5.97 Å². The van der Waals surface area contributed by atoms with Crippen molar-refractivity contribution < 1.29 is 32.3 Å². The highest BCUT2D eigenvalue weighted by Gasteiger charge is 2.56. The predicted octanol–water partition coefficient (Wildman–Crippen LogP) is 8.54. The number of fused-ring (bicyclic) bond motifs is 1. The third kappa shape index (κ3) is 10.5. The van der Waals surface area contributed by atoms with Crippen LogP contribution in [0.15, 0.2) is 48.7 Å². The van der Waals surface area contributed by atoms with E-state index >= 15 is 0 Å². The summed E-state index contributed by atoms with van der Waals surface area (Å²) in [4.78, 5) is 32.0. The Morgan fingerprint density at radius 1 is 0.941 bits per heavy atom. The van der Waals surface area contributed by atoms with Crippen molar-refractivity contribution in [3.8, 4) is 11.3 Å². The molecule has 0 bridgehead atoms. The Labute approximate surface area is 299 Å². The van der Waals surface area contributed by atoms with Crippen LogP contribution in [-0.2, 0) is 22.6 Å². The van der Waals surface area contributed by atoms with Crippen LogP contribution < -0.4 is 5.32 Å². The quantitative estimate of drug-likeness (QED) is 0.183. The lowest BCUT2D eigenvalue weighted by molar-refractivity contribution is -0.168. The largest absolute Gasteiger partial charge is 0.481 e. The van der Waals surface area contributed by atoms with Crippen molar-refractivity contribution in [1.29, 1.82) is 0 Å². The summed E-state index contributed by atoms with van der Waals surface area (Å²) in [6.45, 7) is 10.9. The van der Waals surface area contributed by atoms with Gasteiger partial charge in [-0.05, 0) is 98.6 Å². The molecule has 2 aliphatic heterocycles. The Hall–Kier alpha value is -3.57. The van der Waals surface area contributed by atoms with Gasteiger partial charge in [-0.2, -0.15) is 0 Å². The van der Waals surface area contributed by atoms with Gasteiger partial charge in [0.25, 0.3) is 11.8 Å². The predicted molar refractivity (Wildman–Crippen MR) is 194 cm³/mol. The number of nitrogens with zero attached hydrogens (tertiary/aromatic N) is 3. The zero-order valence-corrected chi connectivity index (χ0v) is 30.7. The molecule has 2 aromatic carbocycles. The van der Waals surface area contributed by atoms with E-state index in [2.05, 4.69) is 54.4 Å². The van der Waals surface area contributed by atoms with Crippen LogP contribution in [0.1, 0.15) is 95.8 Å². The van der Waals surface area contributed by atoms with Gasteiger partial charge in [0, 0.05) is 45.1 Å². The number of aryl methyl sites for hydroxylation is 1. The summed E-state index contributed by atoms with van der Waals surface area (Å²) in [7, 11) is 0. The number of piperidine rings is 2. The summed E-state index contributed by atoms with van der Waals surface area (Å²) in [5, 5.41) is 13.8.